The van der Waals surface area contributed by atoms with Crippen molar-refractivity contribution in [1.82, 2.24) is 10.2 Å². The van der Waals surface area contributed by atoms with Crippen LogP contribution in [0.15, 0.2) is 30.3 Å². The van der Waals surface area contributed by atoms with Gasteiger partial charge in [0.15, 0.2) is 0 Å². The predicted octanol–water partition coefficient (Wildman–Crippen LogP) is 2.86. The molecule has 2 heterocycles. The number of fused-ring (bicyclic) bond motifs is 1. The Balaban J connectivity index is 1.34. The number of nitrogens with one attached hydrogen (secondary N) is 1. The molecule has 0 aromatic heterocycles. The highest BCUT2D eigenvalue weighted by Gasteiger charge is 2.39. The third-order valence-corrected chi connectivity index (χ3v) is 5.90. The topological polar surface area (TPSA) is 15.3 Å². The number of benzene rings is 1. The summed E-state index contributed by atoms with van der Waals surface area (Å²) in [6.45, 7) is 5.25. The fourth-order valence-corrected chi connectivity index (χ4v) is 4.69. The van der Waals surface area contributed by atoms with Gasteiger partial charge in [0.05, 0.1) is 0 Å². The molecule has 1 N–H and O–H groups in total. The number of nitrogens with zero attached hydrogens (tertiary/aromatic N) is 1. The molecule has 1 saturated carbocycles. The largest absolute Gasteiger partial charge is 0.316 e. The number of rotatable bonds is 2. The van der Waals surface area contributed by atoms with E-state index in [1.165, 1.54) is 51.9 Å². The van der Waals surface area contributed by atoms with Crippen molar-refractivity contribution in [2.24, 2.45) is 11.8 Å². The lowest BCUT2D eigenvalue weighted by molar-refractivity contribution is 0.171. The van der Waals surface area contributed by atoms with Crippen LogP contribution >= 0.6 is 0 Å². The van der Waals surface area contributed by atoms with Crippen molar-refractivity contribution < 1.29 is 0 Å². The standard InChI is InChI=1S/C18H26N2/c1-2-4-14(5-3-1)15-6-8-18(9-7-15)20-12-16-10-19-11-17(16)13-20/h1-5,15-19H,6-13H2/t15?,16-,17+,18?. The Labute approximate surface area is 122 Å². The average molecular weight is 270 g/mol. The predicted molar refractivity (Wildman–Crippen MR) is 82.9 cm³/mol. The molecule has 0 radical (unpaired) electrons. The Morgan fingerprint density at radius 3 is 2.15 bits per heavy atom. The Morgan fingerprint density at radius 2 is 1.50 bits per heavy atom. The van der Waals surface area contributed by atoms with Crippen LogP contribution in [0.4, 0.5) is 0 Å². The van der Waals surface area contributed by atoms with Crippen molar-refractivity contribution in [1.29, 1.82) is 0 Å². The molecule has 2 nitrogen and oxygen atoms in total. The second-order valence-electron chi connectivity index (χ2n) is 7.05. The molecule has 0 spiro atoms. The summed E-state index contributed by atoms with van der Waals surface area (Å²) in [5, 5.41) is 3.55. The minimum absolute atomic E-state index is 0.816. The molecule has 2 atom stereocenters. The van der Waals surface area contributed by atoms with Gasteiger partial charge in [-0.05, 0) is 62.1 Å². The first kappa shape index (κ1) is 12.8. The Hall–Kier alpha value is -0.860. The SMILES string of the molecule is c1ccc(C2CCC(N3C[C@H]4CNC[C@H]4C3)CC2)cc1. The van der Waals surface area contributed by atoms with Crippen molar-refractivity contribution in [3.63, 3.8) is 0 Å². The van der Waals surface area contributed by atoms with E-state index in [-0.39, 0.29) is 0 Å². The van der Waals surface area contributed by atoms with Gasteiger partial charge in [0.1, 0.15) is 0 Å². The van der Waals surface area contributed by atoms with Gasteiger partial charge in [0.25, 0.3) is 0 Å². The number of hydrogen-bond acceptors (Lipinski definition) is 2. The second-order valence-corrected chi connectivity index (χ2v) is 7.05. The molecular weight excluding hydrogens is 244 g/mol. The lowest BCUT2D eigenvalue weighted by atomic mass is 9.81. The zero-order chi connectivity index (χ0) is 13.4. The molecule has 2 heteroatoms. The summed E-state index contributed by atoms with van der Waals surface area (Å²) in [6.07, 6.45) is 5.59. The van der Waals surface area contributed by atoms with Crippen molar-refractivity contribution in [3.05, 3.63) is 35.9 Å². The lowest BCUT2D eigenvalue weighted by Crippen LogP contribution is -2.38. The van der Waals surface area contributed by atoms with Gasteiger partial charge in [0, 0.05) is 19.1 Å². The van der Waals surface area contributed by atoms with Crippen molar-refractivity contribution >= 4 is 0 Å². The molecule has 20 heavy (non-hydrogen) atoms. The van der Waals surface area contributed by atoms with Crippen LogP contribution < -0.4 is 5.32 Å². The second kappa shape index (κ2) is 5.50. The first-order valence-electron chi connectivity index (χ1n) is 8.40. The summed E-state index contributed by atoms with van der Waals surface area (Å²) in [5.41, 5.74) is 1.56. The zero-order valence-corrected chi connectivity index (χ0v) is 12.3. The third-order valence-electron chi connectivity index (χ3n) is 5.90. The van der Waals surface area contributed by atoms with Crippen LogP contribution in [0.2, 0.25) is 0 Å². The molecule has 3 aliphatic rings. The van der Waals surface area contributed by atoms with Crippen LogP contribution in [0.1, 0.15) is 37.2 Å². The highest BCUT2D eigenvalue weighted by molar-refractivity contribution is 5.20. The van der Waals surface area contributed by atoms with E-state index in [2.05, 4.69) is 40.5 Å². The summed E-state index contributed by atoms with van der Waals surface area (Å²) in [7, 11) is 0. The van der Waals surface area contributed by atoms with Crippen LogP contribution in [0.25, 0.3) is 0 Å². The first-order valence-corrected chi connectivity index (χ1v) is 8.40. The van der Waals surface area contributed by atoms with Gasteiger partial charge in [-0.2, -0.15) is 0 Å². The lowest BCUT2D eigenvalue weighted by Gasteiger charge is -2.35. The summed E-state index contributed by atoms with van der Waals surface area (Å²) < 4.78 is 0. The van der Waals surface area contributed by atoms with E-state index >= 15 is 0 Å². The molecule has 0 bridgehead atoms. The van der Waals surface area contributed by atoms with E-state index in [1.54, 1.807) is 5.56 Å². The van der Waals surface area contributed by atoms with Crippen LogP contribution in [-0.2, 0) is 0 Å². The maximum absolute atomic E-state index is 3.55. The van der Waals surface area contributed by atoms with Gasteiger partial charge < -0.3 is 5.32 Å². The maximum atomic E-state index is 3.55. The zero-order valence-electron chi connectivity index (χ0n) is 12.3. The van der Waals surface area contributed by atoms with Gasteiger partial charge >= 0.3 is 0 Å². The Bertz CT molecular complexity index is 424. The Kier molecular flexibility index (Phi) is 3.53. The van der Waals surface area contributed by atoms with Crippen LogP contribution in [0.3, 0.4) is 0 Å². The third kappa shape index (κ3) is 2.40. The van der Waals surface area contributed by atoms with Crippen LogP contribution in [0, 0.1) is 11.8 Å². The van der Waals surface area contributed by atoms with E-state index in [0.717, 1.165) is 23.8 Å². The van der Waals surface area contributed by atoms with Crippen LogP contribution in [0.5, 0.6) is 0 Å². The molecule has 0 unspecified atom stereocenters. The van der Waals surface area contributed by atoms with Gasteiger partial charge in [-0.25, -0.2) is 0 Å². The maximum Gasteiger partial charge on any atom is 0.00959 e. The van der Waals surface area contributed by atoms with E-state index < -0.39 is 0 Å². The molecule has 2 aliphatic heterocycles. The normalized spacial score (nSPS) is 38.0. The van der Waals surface area contributed by atoms with E-state index in [0.29, 0.717) is 0 Å². The number of hydrogen-bond donors (Lipinski definition) is 1. The van der Waals surface area contributed by atoms with Crippen molar-refractivity contribution in [2.45, 2.75) is 37.6 Å². The molecule has 3 fully saturated rings. The summed E-state index contributed by atoms with van der Waals surface area (Å²) in [5.74, 6) is 2.71. The highest BCUT2D eigenvalue weighted by Crippen LogP contribution is 2.37. The fourth-order valence-electron chi connectivity index (χ4n) is 4.69. The molecule has 1 aliphatic carbocycles. The molecular formula is C18H26N2. The number of likely N-dealkylation sites (tertiary alicyclic amines) is 1. The van der Waals surface area contributed by atoms with Gasteiger partial charge in [0.2, 0.25) is 0 Å². The van der Waals surface area contributed by atoms with E-state index in [4.69, 9.17) is 0 Å². The summed E-state index contributed by atoms with van der Waals surface area (Å²) in [4.78, 5) is 2.82. The minimum Gasteiger partial charge on any atom is -0.316 e. The average Bonchev–Trinajstić information content (AvgIpc) is 3.10. The molecule has 1 aromatic carbocycles. The van der Waals surface area contributed by atoms with Gasteiger partial charge in [-0.15, -0.1) is 0 Å². The van der Waals surface area contributed by atoms with E-state index in [1.807, 2.05) is 0 Å². The summed E-state index contributed by atoms with van der Waals surface area (Å²) >= 11 is 0. The quantitative estimate of drug-likeness (QED) is 0.889. The molecule has 4 rings (SSSR count). The first-order chi connectivity index (χ1) is 9.90. The summed E-state index contributed by atoms with van der Waals surface area (Å²) in [6, 6.07) is 12.0. The van der Waals surface area contributed by atoms with Gasteiger partial charge in [-0.1, -0.05) is 30.3 Å². The molecule has 108 valence electrons. The van der Waals surface area contributed by atoms with Crippen molar-refractivity contribution in [3.8, 4) is 0 Å². The monoisotopic (exact) mass is 270 g/mol. The highest BCUT2D eigenvalue weighted by atomic mass is 15.2. The van der Waals surface area contributed by atoms with Gasteiger partial charge in [-0.3, -0.25) is 4.90 Å². The molecule has 2 saturated heterocycles. The molecule has 1 aromatic rings. The Morgan fingerprint density at radius 1 is 0.850 bits per heavy atom. The fraction of sp³-hybridized carbons (Fsp3) is 0.667. The minimum atomic E-state index is 0.816. The van der Waals surface area contributed by atoms with Crippen LogP contribution in [-0.4, -0.2) is 37.1 Å². The molecule has 0 amide bonds. The smallest absolute Gasteiger partial charge is 0.00959 e. The van der Waals surface area contributed by atoms with Crippen molar-refractivity contribution in [2.75, 3.05) is 26.2 Å². The van der Waals surface area contributed by atoms with E-state index in [9.17, 15) is 0 Å².